The Labute approximate surface area is 107 Å². The molecule has 0 aliphatic carbocycles. The maximum atomic E-state index is 5.72. The van der Waals surface area contributed by atoms with E-state index in [2.05, 4.69) is 20.8 Å². The molecule has 1 aliphatic rings. The predicted octanol–water partition coefficient (Wildman–Crippen LogP) is 4.53. The van der Waals surface area contributed by atoms with Crippen LogP contribution < -0.4 is 0 Å². The molecule has 0 spiro atoms. The van der Waals surface area contributed by atoms with Gasteiger partial charge in [0.15, 0.2) is 6.29 Å². The van der Waals surface area contributed by atoms with Gasteiger partial charge in [0.05, 0.1) is 13.2 Å². The zero-order valence-corrected chi connectivity index (χ0v) is 12.0. The zero-order valence-electron chi connectivity index (χ0n) is 12.0. The SMILES string of the molecule is CCCCCCCCCC1OCC(C)(C)CO1. The van der Waals surface area contributed by atoms with Crippen molar-refractivity contribution in [2.24, 2.45) is 5.41 Å². The molecule has 17 heavy (non-hydrogen) atoms. The molecular weight excluding hydrogens is 212 g/mol. The standard InChI is InChI=1S/C15H30O2/c1-4-5-6-7-8-9-10-11-14-16-12-15(2,3)13-17-14/h14H,4-13H2,1-3H3. The Morgan fingerprint density at radius 3 is 2.00 bits per heavy atom. The molecule has 1 heterocycles. The Morgan fingerprint density at radius 1 is 0.882 bits per heavy atom. The lowest BCUT2D eigenvalue weighted by Gasteiger charge is -2.34. The van der Waals surface area contributed by atoms with E-state index >= 15 is 0 Å². The second-order valence-corrected chi connectivity index (χ2v) is 6.13. The molecule has 1 aliphatic heterocycles. The lowest BCUT2D eigenvalue weighted by molar-refractivity contribution is -0.224. The summed E-state index contributed by atoms with van der Waals surface area (Å²) in [4.78, 5) is 0. The summed E-state index contributed by atoms with van der Waals surface area (Å²) in [6.45, 7) is 8.33. The van der Waals surface area contributed by atoms with E-state index in [0.717, 1.165) is 19.6 Å². The van der Waals surface area contributed by atoms with Gasteiger partial charge in [0.2, 0.25) is 0 Å². The van der Waals surface area contributed by atoms with E-state index in [1.54, 1.807) is 0 Å². The summed E-state index contributed by atoms with van der Waals surface area (Å²) in [7, 11) is 0. The Hall–Kier alpha value is -0.0800. The first-order valence-electron chi connectivity index (χ1n) is 7.37. The van der Waals surface area contributed by atoms with Crippen molar-refractivity contribution in [1.29, 1.82) is 0 Å². The first kappa shape index (κ1) is 15.0. The Bertz CT molecular complexity index is 179. The topological polar surface area (TPSA) is 18.5 Å². The number of unbranched alkanes of at least 4 members (excludes halogenated alkanes) is 6. The van der Waals surface area contributed by atoms with Crippen molar-refractivity contribution < 1.29 is 9.47 Å². The molecule has 0 amide bonds. The minimum Gasteiger partial charge on any atom is -0.352 e. The number of hydrogen-bond donors (Lipinski definition) is 0. The third-order valence-electron chi connectivity index (χ3n) is 3.36. The average molecular weight is 242 g/mol. The molecule has 0 N–H and O–H groups in total. The van der Waals surface area contributed by atoms with Gasteiger partial charge in [-0.25, -0.2) is 0 Å². The molecule has 0 atom stereocenters. The average Bonchev–Trinajstić information content (AvgIpc) is 2.30. The summed E-state index contributed by atoms with van der Waals surface area (Å²) >= 11 is 0. The highest BCUT2D eigenvalue weighted by molar-refractivity contribution is 4.71. The van der Waals surface area contributed by atoms with E-state index in [-0.39, 0.29) is 11.7 Å². The molecule has 0 unspecified atom stereocenters. The van der Waals surface area contributed by atoms with Gasteiger partial charge in [0.25, 0.3) is 0 Å². The van der Waals surface area contributed by atoms with Crippen LogP contribution in [0, 0.1) is 5.41 Å². The van der Waals surface area contributed by atoms with Gasteiger partial charge >= 0.3 is 0 Å². The molecule has 102 valence electrons. The van der Waals surface area contributed by atoms with Crippen LogP contribution in [-0.4, -0.2) is 19.5 Å². The molecule has 2 heteroatoms. The molecule has 0 aromatic heterocycles. The van der Waals surface area contributed by atoms with Crippen LogP contribution in [0.1, 0.15) is 72.1 Å². The zero-order chi connectivity index (χ0) is 12.6. The predicted molar refractivity (Wildman–Crippen MR) is 72.1 cm³/mol. The summed E-state index contributed by atoms with van der Waals surface area (Å²) in [5, 5.41) is 0. The van der Waals surface area contributed by atoms with Crippen LogP contribution in [-0.2, 0) is 9.47 Å². The van der Waals surface area contributed by atoms with E-state index in [0.29, 0.717) is 0 Å². The highest BCUT2D eigenvalue weighted by Crippen LogP contribution is 2.25. The second kappa shape index (κ2) is 8.10. The fraction of sp³-hybridized carbons (Fsp3) is 1.00. The van der Waals surface area contributed by atoms with Crippen molar-refractivity contribution in [3.8, 4) is 0 Å². The molecule has 2 nitrogen and oxygen atoms in total. The molecule has 0 aromatic carbocycles. The van der Waals surface area contributed by atoms with E-state index in [4.69, 9.17) is 9.47 Å². The van der Waals surface area contributed by atoms with Gasteiger partial charge in [-0.15, -0.1) is 0 Å². The third kappa shape index (κ3) is 7.05. The molecule has 0 bridgehead atoms. The fourth-order valence-electron chi connectivity index (χ4n) is 2.16. The van der Waals surface area contributed by atoms with Crippen LogP contribution in [0.25, 0.3) is 0 Å². The van der Waals surface area contributed by atoms with Crippen molar-refractivity contribution in [2.45, 2.75) is 78.4 Å². The third-order valence-corrected chi connectivity index (χ3v) is 3.36. The fourth-order valence-corrected chi connectivity index (χ4v) is 2.16. The van der Waals surface area contributed by atoms with Gasteiger partial charge in [-0.05, 0) is 12.8 Å². The van der Waals surface area contributed by atoms with Gasteiger partial charge in [0.1, 0.15) is 0 Å². The van der Waals surface area contributed by atoms with Gasteiger partial charge in [-0.3, -0.25) is 0 Å². The van der Waals surface area contributed by atoms with Gasteiger partial charge in [-0.1, -0.05) is 59.3 Å². The largest absolute Gasteiger partial charge is 0.352 e. The summed E-state index contributed by atoms with van der Waals surface area (Å²) in [6, 6.07) is 0. The number of hydrogen-bond acceptors (Lipinski definition) is 2. The van der Waals surface area contributed by atoms with Crippen molar-refractivity contribution >= 4 is 0 Å². The smallest absolute Gasteiger partial charge is 0.157 e. The summed E-state index contributed by atoms with van der Waals surface area (Å²) in [5.74, 6) is 0. The van der Waals surface area contributed by atoms with Crippen LogP contribution >= 0.6 is 0 Å². The molecule has 0 aromatic rings. The van der Waals surface area contributed by atoms with Crippen LogP contribution in [0.15, 0.2) is 0 Å². The minimum atomic E-state index is 0.0682. The highest BCUT2D eigenvalue weighted by Gasteiger charge is 2.27. The van der Waals surface area contributed by atoms with Crippen LogP contribution in [0.5, 0.6) is 0 Å². The van der Waals surface area contributed by atoms with Crippen LogP contribution in [0.2, 0.25) is 0 Å². The number of rotatable bonds is 8. The van der Waals surface area contributed by atoms with Gasteiger partial charge < -0.3 is 9.47 Å². The van der Waals surface area contributed by atoms with Crippen molar-refractivity contribution in [3.63, 3.8) is 0 Å². The minimum absolute atomic E-state index is 0.0682. The lowest BCUT2D eigenvalue weighted by atomic mass is 9.95. The van der Waals surface area contributed by atoms with E-state index in [1.807, 2.05) is 0 Å². The lowest BCUT2D eigenvalue weighted by Crippen LogP contribution is -2.37. The van der Waals surface area contributed by atoms with E-state index < -0.39 is 0 Å². The van der Waals surface area contributed by atoms with Crippen LogP contribution in [0.4, 0.5) is 0 Å². The molecule has 0 saturated carbocycles. The van der Waals surface area contributed by atoms with E-state index in [9.17, 15) is 0 Å². The molecular formula is C15H30O2. The first-order valence-corrected chi connectivity index (χ1v) is 7.37. The first-order chi connectivity index (χ1) is 8.14. The van der Waals surface area contributed by atoms with Crippen molar-refractivity contribution in [3.05, 3.63) is 0 Å². The van der Waals surface area contributed by atoms with Crippen molar-refractivity contribution in [2.75, 3.05) is 13.2 Å². The van der Waals surface area contributed by atoms with Crippen LogP contribution in [0.3, 0.4) is 0 Å². The monoisotopic (exact) mass is 242 g/mol. The summed E-state index contributed by atoms with van der Waals surface area (Å²) in [5.41, 5.74) is 0.205. The number of ether oxygens (including phenoxy) is 2. The highest BCUT2D eigenvalue weighted by atomic mass is 16.7. The Kier molecular flexibility index (Phi) is 7.14. The van der Waals surface area contributed by atoms with Gasteiger partial charge in [0, 0.05) is 5.41 Å². The molecule has 1 saturated heterocycles. The molecule has 1 fully saturated rings. The normalized spacial score (nSPS) is 20.6. The Morgan fingerprint density at radius 2 is 1.41 bits per heavy atom. The van der Waals surface area contributed by atoms with Crippen molar-refractivity contribution in [1.82, 2.24) is 0 Å². The molecule has 0 radical (unpaired) electrons. The quantitative estimate of drug-likeness (QED) is 0.582. The second-order valence-electron chi connectivity index (χ2n) is 6.13. The summed E-state index contributed by atoms with van der Waals surface area (Å²) in [6.07, 6.45) is 10.6. The van der Waals surface area contributed by atoms with E-state index in [1.165, 1.54) is 44.9 Å². The van der Waals surface area contributed by atoms with Gasteiger partial charge in [-0.2, -0.15) is 0 Å². The molecule has 1 rings (SSSR count). The maximum Gasteiger partial charge on any atom is 0.157 e. The maximum absolute atomic E-state index is 5.72. The summed E-state index contributed by atoms with van der Waals surface area (Å²) < 4.78 is 11.4. The Balaban J connectivity index is 1.90.